The third-order valence-corrected chi connectivity index (χ3v) is 3.76. The SMILES string of the molecule is COC[C@@H]1C[C@@H]2CNCCN2c2cc(F)ccc2O1.Cl. The monoisotopic (exact) mass is 302 g/mol. The summed E-state index contributed by atoms with van der Waals surface area (Å²) in [5.41, 5.74) is 0.866. The van der Waals surface area contributed by atoms with Crippen molar-refractivity contribution in [3.63, 3.8) is 0 Å². The average Bonchev–Trinajstić information content (AvgIpc) is 2.56. The van der Waals surface area contributed by atoms with Gasteiger partial charge in [-0.15, -0.1) is 12.4 Å². The van der Waals surface area contributed by atoms with Crippen molar-refractivity contribution in [2.75, 3.05) is 38.3 Å². The Bertz CT molecular complexity index is 461. The lowest BCUT2D eigenvalue weighted by Crippen LogP contribution is -2.52. The van der Waals surface area contributed by atoms with Gasteiger partial charge in [0.1, 0.15) is 17.7 Å². The lowest BCUT2D eigenvalue weighted by Gasteiger charge is -2.37. The molecule has 0 aromatic heterocycles. The lowest BCUT2D eigenvalue weighted by atomic mass is 10.1. The molecule has 20 heavy (non-hydrogen) atoms. The number of fused-ring (bicyclic) bond motifs is 3. The molecule has 1 N–H and O–H groups in total. The van der Waals surface area contributed by atoms with Gasteiger partial charge in [0.2, 0.25) is 0 Å². The van der Waals surface area contributed by atoms with E-state index in [-0.39, 0.29) is 24.3 Å². The number of nitrogens with one attached hydrogen (secondary N) is 1. The Balaban J connectivity index is 0.00000147. The molecule has 0 bridgehead atoms. The summed E-state index contributed by atoms with van der Waals surface area (Å²) >= 11 is 0. The summed E-state index contributed by atoms with van der Waals surface area (Å²) in [6.45, 7) is 3.26. The molecule has 0 unspecified atom stereocenters. The highest BCUT2D eigenvalue weighted by molar-refractivity contribution is 5.85. The summed E-state index contributed by atoms with van der Waals surface area (Å²) < 4.78 is 24.7. The smallest absolute Gasteiger partial charge is 0.143 e. The minimum atomic E-state index is -0.218. The van der Waals surface area contributed by atoms with Crippen LogP contribution in [0.25, 0.3) is 0 Å². The summed E-state index contributed by atoms with van der Waals surface area (Å²) in [5, 5.41) is 3.39. The topological polar surface area (TPSA) is 33.7 Å². The predicted molar refractivity (Wildman–Crippen MR) is 78.6 cm³/mol. The van der Waals surface area contributed by atoms with Gasteiger partial charge in [-0.2, -0.15) is 0 Å². The standard InChI is InChI=1S/C14H19FN2O2.ClH/c1-18-9-12-7-11-8-16-4-5-17(11)13-6-10(15)2-3-14(13)19-12;/h2-3,6,11-12,16H,4-5,7-9H2,1H3;1H/t11-,12+;/m1./s1. The van der Waals surface area contributed by atoms with Crippen LogP contribution < -0.4 is 15.0 Å². The van der Waals surface area contributed by atoms with Crippen molar-refractivity contribution in [2.24, 2.45) is 0 Å². The summed E-state index contributed by atoms with van der Waals surface area (Å²) in [7, 11) is 1.68. The van der Waals surface area contributed by atoms with Crippen molar-refractivity contribution in [3.05, 3.63) is 24.0 Å². The highest BCUT2D eigenvalue weighted by Gasteiger charge is 2.32. The van der Waals surface area contributed by atoms with Crippen molar-refractivity contribution in [2.45, 2.75) is 18.6 Å². The maximum Gasteiger partial charge on any atom is 0.143 e. The van der Waals surface area contributed by atoms with Crippen molar-refractivity contribution >= 4 is 18.1 Å². The quantitative estimate of drug-likeness (QED) is 0.904. The molecule has 1 aromatic rings. The molecular weight excluding hydrogens is 283 g/mol. The van der Waals surface area contributed by atoms with Gasteiger partial charge in [-0.3, -0.25) is 0 Å². The molecule has 1 aromatic carbocycles. The van der Waals surface area contributed by atoms with Crippen molar-refractivity contribution < 1.29 is 13.9 Å². The third kappa shape index (κ3) is 3.00. The number of rotatable bonds is 2. The Labute approximate surface area is 124 Å². The van der Waals surface area contributed by atoms with Gasteiger partial charge in [0.15, 0.2) is 0 Å². The van der Waals surface area contributed by atoms with Crippen LogP contribution >= 0.6 is 12.4 Å². The molecule has 2 aliphatic rings. The summed E-state index contributed by atoms with van der Waals surface area (Å²) in [5.74, 6) is 0.540. The number of piperazine rings is 1. The van der Waals surface area contributed by atoms with E-state index in [9.17, 15) is 4.39 Å². The zero-order valence-electron chi connectivity index (χ0n) is 11.5. The van der Waals surface area contributed by atoms with E-state index in [1.165, 1.54) is 6.07 Å². The zero-order valence-corrected chi connectivity index (χ0v) is 12.3. The van der Waals surface area contributed by atoms with Gasteiger partial charge in [0.25, 0.3) is 0 Å². The third-order valence-electron chi connectivity index (χ3n) is 3.76. The second kappa shape index (κ2) is 6.61. The first-order chi connectivity index (χ1) is 9.28. The minimum absolute atomic E-state index is 0. The molecule has 3 rings (SSSR count). The van der Waals surface area contributed by atoms with Crippen molar-refractivity contribution in [1.82, 2.24) is 5.32 Å². The van der Waals surface area contributed by atoms with Crippen LogP contribution in [0.3, 0.4) is 0 Å². The van der Waals surface area contributed by atoms with Gasteiger partial charge < -0.3 is 19.7 Å². The number of halogens is 2. The molecule has 2 atom stereocenters. The molecule has 0 aliphatic carbocycles. The number of hydrogen-bond acceptors (Lipinski definition) is 4. The molecule has 0 saturated carbocycles. The summed E-state index contributed by atoms with van der Waals surface area (Å²) in [6, 6.07) is 5.07. The highest BCUT2D eigenvalue weighted by atomic mass is 35.5. The van der Waals surface area contributed by atoms with Gasteiger partial charge in [-0.05, 0) is 12.1 Å². The van der Waals surface area contributed by atoms with E-state index in [2.05, 4.69) is 10.2 Å². The first-order valence-corrected chi connectivity index (χ1v) is 6.70. The Morgan fingerprint density at radius 2 is 2.35 bits per heavy atom. The lowest BCUT2D eigenvalue weighted by molar-refractivity contribution is 0.0745. The normalized spacial score (nSPS) is 24.8. The molecule has 6 heteroatoms. The number of ether oxygens (including phenoxy) is 2. The number of nitrogens with zero attached hydrogens (tertiary/aromatic N) is 1. The van der Waals surface area contributed by atoms with E-state index in [4.69, 9.17) is 9.47 Å². The van der Waals surface area contributed by atoms with Crippen LogP contribution in [0.15, 0.2) is 18.2 Å². The molecule has 2 heterocycles. The Hall–Kier alpha value is -1.04. The number of benzene rings is 1. The summed E-state index contributed by atoms with van der Waals surface area (Å²) in [4.78, 5) is 2.25. The predicted octanol–water partition coefficient (Wildman–Crippen LogP) is 1.82. The molecule has 1 fully saturated rings. The van der Waals surface area contributed by atoms with Crippen LogP contribution in [-0.4, -0.2) is 45.5 Å². The Morgan fingerprint density at radius 1 is 1.50 bits per heavy atom. The van der Waals surface area contributed by atoms with E-state index in [1.807, 2.05) is 0 Å². The van der Waals surface area contributed by atoms with Gasteiger partial charge in [0, 0.05) is 45.3 Å². The fourth-order valence-electron chi connectivity index (χ4n) is 2.92. The molecule has 2 aliphatic heterocycles. The van der Waals surface area contributed by atoms with Crippen LogP contribution in [0.4, 0.5) is 10.1 Å². The van der Waals surface area contributed by atoms with Crippen LogP contribution in [0, 0.1) is 5.82 Å². The van der Waals surface area contributed by atoms with Crippen LogP contribution in [0.5, 0.6) is 5.75 Å². The van der Waals surface area contributed by atoms with E-state index < -0.39 is 0 Å². The minimum Gasteiger partial charge on any atom is -0.486 e. The van der Waals surface area contributed by atoms with Gasteiger partial charge in [-0.25, -0.2) is 4.39 Å². The van der Waals surface area contributed by atoms with E-state index in [0.717, 1.165) is 37.5 Å². The molecule has 4 nitrogen and oxygen atoms in total. The highest BCUT2D eigenvalue weighted by Crippen LogP contribution is 2.36. The molecule has 1 saturated heterocycles. The number of hydrogen-bond donors (Lipinski definition) is 1. The Morgan fingerprint density at radius 3 is 3.15 bits per heavy atom. The molecule has 112 valence electrons. The second-order valence-electron chi connectivity index (χ2n) is 5.09. The van der Waals surface area contributed by atoms with Crippen LogP contribution in [0.1, 0.15) is 6.42 Å². The fraction of sp³-hybridized carbons (Fsp3) is 0.571. The molecular formula is C14H20ClFN2O2. The van der Waals surface area contributed by atoms with Gasteiger partial charge >= 0.3 is 0 Å². The average molecular weight is 303 g/mol. The molecule has 0 spiro atoms. The van der Waals surface area contributed by atoms with Gasteiger partial charge in [-0.1, -0.05) is 0 Å². The molecule has 0 amide bonds. The van der Waals surface area contributed by atoms with Crippen LogP contribution in [-0.2, 0) is 4.74 Å². The first-order valence-electron chi connectivity index (χ1n) is 6.70. The number of anilines is 1. The molecule has 0 radical (unpaired) electrons. The zero-order chi connectivity index (χ0) is 13.2. The summed E-state index contributed by atoms with van der Waals surface area (Å²) in [6.07, 6.45) is 0.904. The van der Waals surface area contributed by atoms with Crippen molar-refractivity contribution in [1.29, 1.82) is 0 Å². The van der Waals surface area contributed by atoms with Crippen LogP contribution in [0.2, 0.25) is 0 Å². The van der Waals surface area contributed by atoms with E-state index in [0.29, 0.717) is 12.6 Å². The van der Waals surface area contributed by atoms with Crippen molar-refractivity contribution in [3.8, 4) is 5.75 Å². The maximum absolute atomic E-state index is 13.5. The van der Waals surface area contributed by atoms with Gasteiger partial charge in [0.05, 0.1) is 12.3 Å². The second-order valence-corrected chi connectivity index (χ2v) is 5.09. The Kier molecular flexibility index (Phi) is 5.07. The first kappa shape index (κ1) is 15.4. The fourth-order valence-corrected chi connectivity index (χ4v) is 2.92. The van der Waals surface area contributed by atoms with E-state index in [1.54, 1.807) is 19.2 Å². The largest absolute Gasteiger partial charge is 0.486 e. The number of methoxy groups -OCH3 is 1. The van der Waals surface area contributed by atoms with E-state index >= 15 is 0 Å². The maximum atomic E-state index is 13.5.